The van der Waals surface area contributed by atoms with Crippen LogP contribution >= 0.6 is 11.6 Å². The predicted molar refractivity (Wildman–Crippen MR) is 82.7 cm³/mol. The summed E-state index contributed by atoms with van der Waals surface area (Å²) >= 11 is 5.89. The summed E-state index contributed by atoms with van der Waals surface area (Å²) in [6.07, 6.45) is 0.633. The molecule has 0 amide bonds. The number of benzene rings is 1. The molecule has 0 atom stereocenters. The van der Waals surface area contributed by atoms with Crippen LogP contribution in [0.3, 0.4) is 0 Å². The number of nitrogens with zero attached hydrogens (tertiary/aromatic N) is 3. The molecule has 5 heteroatoms. The molecular weight excluding hydrogens is 289 g/mol. The van der Waals surface area contributed by atoms with Crippen molar-refractivity contribution >= 4 is 22.8 Å². The Morgan fingerprint density at radius 3 is 2.67 bits per heavy atom. The summed E-state index contributed by atoms with van der Waals surface area (Å²) in [6, 6.07) is 8.61. The van der Waals surface area contributed by atoms with E-state index in [1.165, 1.54) is 12.1 Å². The molecule has 3 aromatic rings. The normalized spacial score (nSPS) is 11.2. The second kappa shape index (κ2) is 5.45. The zero-order valence-electron chi connectivity index (χ0n) is 11.9. The number of imidazole rings is 1. The molecule has 1 aromatic carbocycles. The van der Waals surface area contributed by atoms with Crippen LogP contribution in [-0.2, 0) is 6.42 Å². The van der Waals surface area contributed by atoms with Crippen molar-refractivity contribution in [2.24, 2.45) is 0 Å². The molecule has 0 unspecified atom stereocenters. The molecule has 2 heterocycles. The van der Waals surface area contributed by atoms with Crippen molar-refractivity contribution in [3.8, 4) is 5.69 Å². The van der Waals surface area contributed by atoms with Crippen LogP contribution < -0.4 is 0 Å². The Labute approximate surface area is 127 Å². The van der Waals surface area contributed by atoms with Crippen molar-refractivity contribution in [3.63, 3.8) is 0 Å². The zero-order chi connectivity index (χ0) is 15.0. The van der Waals surface area contributed by atoms with Gasteiger partial charge in [-0.1, -0.05) is 0 Å². The maximum atomic E-state index is 13.4. The number of fused-ring (bicyclic) bond motifs is 1. The Morgan fingerprint density at radius 1 is 1.14 bits per heavy atom. The van der Waals surface area contributed by atoms with E-state index in [9.17, 15) is 4.39 Å². The highest BCUT2D eigenvalue weighted by molar-refractivity contribution is 6.17. The summed E-state index contributed by atoms with van der Waals surface area (Å²) in [6.45, 7) is 3.82. The minimum absolute atomic E-state index is 0.247. The number of hydrogen-bond donors (Lipinski definition) is 0. The predicted octanol–water partition coefficient (Wildman–Crippen LogP) is 3.96. The van der Waals surface area contributed by atoms with Gasteiger partial charge in [0.1, 0.15) is 17.2 Å². The van der Waals surface area contributed by atoms with Crippen LogP contribution in [0, 0.1) is 19.7 Å². The number of alkyl halides is 1. The van der Waals surface area contributed by atoms with Crippen molar-refractivity contribution in [3.05, 3.63) is 53.2 Å². The van der Waals surface area contributed by atoms with Gasteiger partial charge in [-0.05, 0) is 49.7 Å². The van der Waals surface area contributed by atoms with E-state index < -0.39 is 0 Å². The summed E-state index contributed by atoms with van der Waals surface area (Å²) in [5.74, 6) is 1.07. The van der Waals surface area contributed by atoms with Gasteiger partial charge in [0.05, 0.1) is 5.69 Å². The molecule has 3 rings (SSSR count). The molecule has 0 saturated carbocycles. The van der Waals surface area contributed by atoms with Crippen LogP contribution in [0.1, 0.15) is 17.1 Å². The Morgan fingerprint density at radius 2 is 1.95 bits per heavy atom. The number of hydrogen-bond acceptors (Lipinski definition) is 2. The Bertz CT molecular complexity index is 811. The first kappa shape index (κ1) is 14.0. The van der Waals surface area contributed by atoms with Gasteiger partial charge in [-0.3, -0.25) is 4.57 Å². The number of aryl methyl sites for hydroxylation is 3. The lowest BCUT2D eigenvalue weighted by Crippen LogP contribution is -2.05. The quantitative estimate of drug-likeness (QED) is 0.686. The maximum Gasteiger partial charge on any atom is 0.164 e. The highest BCUT2D eigenvalue weighted by Crippen LogP contribution is 2.24. The molecular formula is C16H15ClFN3. The lowest BCUT2D eigenvalue weighted by Gasteiger charge is -2.11. The van der Waals surface area contributed by atoms with Crippen LogP contribution in [0.5, 0.6) is 0 Å². The van der Waals surface area contributed by atoms with Crippen molar-refractivity contribution in [2.75, 3.05) is 5.88 Å². The number of pyridine rings is 1. The first-order valence-electron chi connectivity index (χ1n) is 6.77. The second-order valence-electron chi connectivity index (χ2n) is 5.03. The van der Waals surface area contributed by atoms with Crippen LogP contribution in [-0.4, -0.2) is 20.4 Å². The van der Waals surface area contributed by atoms with E-state index in [4.69, 9.17) is 11.6 Å². The fourth-order valence-corrected chi connectivity index (χ4v) is 2.64. The van der Waals surface area contributed by atoms with Crippen molar-refractivity contribution in [1.82, 2.24) is 14.5 Å². The highest BCUT2D eigenvalue weighted by Gasteiger charge is 2.15. The fraction of sp³-hybridized carbons (Fsp3) is 0.250. The minimum Gasteiger partial charge on any atom is -0.280 e. The van der Waals surface area contributed by atoms with E-state index in [2.05, 4.69) is 9.97 Å². The first-order valence-corrected chi connectivity index (χ1v) is 7.31. The molecule has 3 nitrogen and oxygen atoms in total. The van der Waals surface area contributed by atoms with Crippen LogP contribution in [0.4, 0.5) is 4.39 Å². The number of aromatic nitrogens is 3. The number of rotatable bonds is 3. The largest absolute Gasteiger partial charge is 0.280 e. The molecule has 0 aliphatic carbocycles. The maximum absolute atomic E-state index is 13.4. The molecule has 2 aromatic heterocycles. The first-order chi connectivity index (χ1) is 10.1. The van der Waals surface area contributed by atoms with Crippen LogP contribution in [0.2, 0.25) is 0 Å². The molecule has 108 valence electrons. The van der Waals surface area contributed by atoms with Gasteiger partial charge in [0.25, 0.3) is 0 Å². The van der Waals surface area contributed by atoms with Gasteiger partial charge in [-0.2, -0.15) is 0 Å². The van der Waals surface area contributed by atoms with Gasteiger partial charge in [-0.25, -0.2) is 14.4 Å². The van der Waals surface area contributed by atoms with Gasteiger partial charge < -0.3 is 0 Å². The zero-order valence-corrected chi connectivity index (χ0v) is 12.7. The SMILES string of the molecule is Cc1ccc2nc(CCCl)n(-c3ccc(F)cc3C)c2n1. The van der Waals surface area contributed by atoms with E-state index in [0.717, 1.165) is 33.9 Å². The molecule has 21 heavy (non-hydrogen) atoms. The lowest BCUT2D eigenvalue weighted by molar-refractivity contribution is 0.626. The third-order valence-electron chi connectivity index (χ3n) is 3.43. The van der Waals surface area contributed by atoms with E-state index in [0.29, 0.717) is 12.3 Å². The Hall–Kier alpha value is -1.94. The van der Waals surface area contributed by atoms with Gasteiger partial charge in [0.2, 0.25) is 0 Å². The average molecular weight is 304 g/mol. The monoisotopic (exact) mass is 303 g/mol. The van der Waals surface area contributed by atoms with Gasteiger partial charge in [-0.15, -0.1) is 11.6 Å². The third-order valence-corrected chi connectivity index (χ3v) is 3.62. The van der Waals surface area contributed by atoms with Crippen molar-refractivity contribution < 1.29 is 4.39 Å². The topological polar surface area (TPSA) is 30.7 Å². The standard InChI is InChI=1S/C16H15ClFN3/c1-10-9-12(18)4-6-14(10)21-15(7-8-17)20-13-5-3-11(2)19-16(13)21/h3-6,9H,7-8H2,1-2H3. The summed E-state index contributed by atoms with van der Waals surface area (Å²) in [5, 5.41) is 0. The molecule has 0 aliphatic heterocycles. The summed E-state index contributed by atoms with van der Waals surface area (Å²) in [4.78, 5) is 9.19. The molecule has 0 N–H and O–H groups in total. The summed E-state index contributed by atoms with van der Waals surface area (Å²) < 4.78 is 15.3. The lowest BCUT2D eigenvalue weighted by atomic mass is 10.2. The molecule has 0 radical (unpaired) electrons. The van der Waals surface area contributed by atoms with Crippen LogP contribution in [0.15, 0.2) is 30.3 Å². The van der Waals surface area contributed by atoms with E-state index in [1.54, 1.807) is 6.07 Å². The molecule has 0 aliphatic rings. The molecule has 0 saturated heterocycles. The Kier molecular flexibility index (Phi) is 3.64. The third kappa shape index (κ3) is 2.51. The fourth-order valence-electron chi connectivity index (χ4n) is 2.47. The van der Waals surface area contributed by atoms with Crippen molar-refractivity contribution in [1.29, 1.82) is 0 Å². The Balaban J connectivity index is 2.32. The number of halogens is 2. The van der Waals surface area contributed by atoms with Crippen LogP contribution in [0.25, 0.3) is 16.9 Å². The molecule has 0 spiro atoms. The van der Waals surface area contributed by atoms with Gasteiger partial charge in [0.15, 0.2) is 5.65 Å². The molecule has 0 fully saturated rings. The average Bonchev–Trinajstić information content (AvgIpc) is 2.77. The van der Waals surface area contributed by atoms with Gasteiger partial charge in [0, 0.05) is 18.0 Å². The smallest absolute Gasteiger partial charge is 0.164 e. The van der Waals surface area contributed by atoms with E-state index in [-0.39, 0.29) is 5.82 Å². The summed E-state index contributed by atoms with van der Waals surface area (Å²) in [5.41, 5.74) is 4.25. The van der Waals surface area contributed by atoms with Gasteiger partial charge >= 0.3 is 0 Å². The minimum atomic E-state index is -0.247. The highest BCUT2D eigenvalue weighted by atomic mass is 35.5. The van der Waals surface area contributed by atoms with E-state index in [1.807, 2.05) is 30.5 Å². The van der Waals surface area contributed by atoms with E-state index >= 15 is 0 Å². The van der Waals surface area contributed by atoms with Crippen molar-refractivity contribution in [2.45, 2.75) is 20.3 Å². The second-order valence-corrected chi connectivity index (χ2v) is 5.41. The molecule has 0 bridgehead atoms. The summed E-state index contributed by atoms with van der Waals surface area (Å²) in [7, 11) is 0.